The predicted molar refractivity (Wildman–Crippen MR) is 60.5 cm³/mol. The summed E-state index contributed by atoms with van der Waals surface area (Å²) in [6.07, 6.45) is 0.777. The average molecular weight is 220 g/mol. The van der Waals surface area contributed by atoms with E-state index in [-0.39, 0.29) is 5.78 Å². The number of hydrogen-bond donors (Lipinski definition) is 1. The zero-order valence-electron chi connectivity index (χ0n) is 9.40. The SMILES string of the molecule is Cc1ccc(C(=O)C2(O)CCOCC2)cc1. The number of benzene rings is 1. The molecule has 1 N–H and O–H groups in total. The summed E-state index contributed by atoms with van der Waals surface area (Å²) in [5.41, 5.74) is 0.457. The molecule has 1 saturated heterocycles. The molecule has 0 unspecified atom stereocenters. The van der Waals surface area contributed by atoms with E-state index in [0.29, 0.717) is 31.6 Å². The standard InChI is InChI=1S/C13H16O3/c1-10-2-4-11(5-3-10)12(14)13(15)6-8-16-9-7-13/h2-5,15H,6-9H2,1H3. The first-order valence-electron chi connectivity index (χ1n) is 5.53. The smallest absolute Gasteiger partial charge is 0.194 e. The third-order valence-electron chi connectivity index (χ3n) is 3.06. The molecule has 0 radical (unpaired) electrons. The highest BCUT2D eigenvalue weighted by Gasteiger charge is 2.37. The number of ketones is 1. The fourth-order valence-corrected chi connectivity index (χ4v) is 1.91. The fraction of sp³-hybridized carbons (Fsp3) is 0.462. The van der Waals surface area contributed by atoms with E-state index >= 15 is 0 Å². The molecule has 1 aliphatic heterocycles. The Balaban J connectivity index is 2.20. The van der Waals surface area contributed by atoms with Crippen LogP contribution in [-0.2, 0) is 4.74 Å². The summed E-state index contributed by atoms with van der Waals surface area (Å²) in [6.45, 7) is 2.87. The Bertz CT molecular complexity index is 375. The van der Waals surface area contributed by atoms with E-state index in [9.17, 15) is 9.90 Å². The zero-order valence-corrected chi connectivity index (χ0v) is 9.40. The second-order valence-corrected chi connectivity index (χ2v) is 4.34. The van der Waals surface area contributed by atoms with Gasteiger partial charge in [0, 0.05) is 31.6 Å². The molecule has 3 nitrogen and oxygen atoms in total. The molecule has 0 aromatic heterocycles. The van der Waals surface area contributed by atoms with Crippen molar-refractivity contribution < 1.29 is 14.6 Å². The van der Waals surface area contributed by atoms with E-state index in [4.69, 9.17) is 4.74 Å². The van der Waals surface area contributed by atoms with Crippen molar-refractivity contribution in [1.29, 1.82) is 0 Å². The Morgan fingerprint density at radius 1 is 1.25 bits per heavy atom. The molecular formula is C13H16O3. The summed E-state index contributed by atoms with van der Waals surface area (Å²) >= 11 is 0. The average Bonchev–Trinajstić information content (AvgIpc) is 2.30. The molecule has 2 rings (SSSR count). The fourth-order valence-electron chi connectivity index (χ4n) is 1.91. The van der Waals surface area contributed by atoms with E-state index in [1.54, 1.807) is 12.1 Å². The Labute approximate surface area is 95.0 Å². The minimum absolute atomic E-state index is 0.184. The molecule has 86 valence electrons. The molecule has 0 aliphatic carbocycles. The van der Waals surface area contributed by atoms with Crippen LogP contribution in [-0.4, -0.2) is 29.7 Å². The van der Waals surface area contributed by atoms with Gasteiger partial charge in [0.2, 0.25) is 0 Å². The van der Waals surface area contributed by atoms with Gasteiger partial charge in [0.05, 0.1) is 0 Å². The quantitative estimate of drug-likeness (QED) is 0.772. The van der Waals surface area contributed by atoms with Crippen LogP contribution in [0, 0.1) is 6.92 Å². The molecule has 1 aromatic rings. The van der Waals surface area contributed by atoms with Gasteiger partial charge in [-0.25, -0.2) is 0 Å². The lowest BCUT2D eigenvalue weighted by Crippen LogP contribution is -2.43. The van der Waals surface area contributed by atoms with Gasteiger partial charge in [-0.15, -0.1) is 0 Å². The van der Waals surface area contributed by atoms with Crippen molar-refractivity contribution in [1.82, 2.24) is 0 Å². The topological polar surface area (TPSA) is 46.5 Å². The van der Waals surface area contributed by atoms with Crippen LogP contribution in [0.5, 0.6) is 0 Å². The van der Waals surface area contributed by atoms with Crippen LogP contribution in [0.2, 0.25) is 0 Å². The molecule has 0 saturated carbocycles. The minimum Gasteiger partial charge on any atom is -0.382 e. The van der Waals surface area contributed by atoms with Crippen LogP contribution in [0.15, 0.2) is 24.3 Å². The zero-order chi connectivity index (χ0) is 11.6. The van der Waals surface area contributed by atoms with Crippen molar-refractivity contribution in [2.45, 2.75) is 25.4 Å². The van der Waals surface area contributed by atoms with Gasteiger partial charge in [0.25, 0.3) is 0 Å². The van der Waals surface area contributed by atoms with Crippen molar-refractivity contribution in [3.8, 4) is 0 Å². The van der Waals surface area contributed by atoms with Crippen molar-refractivity contribution in [3.05, 3.63) is 35.4 Å². The van der Waals surface area contributed by atoms with Crippen LogP contribution in [0.25, 0.3) is 0 Å². The van der Waals surface area contributed by atoms with Crippen molar-refractivity contribution in [2.24, 2.45) is 0 Å². The largest absolute Gasteiger partial charge is 0.382 e. The molecule has 1 fully saturated rings. The van der Waals surface area contributed by atoms with E-state index in [0.717, 1.165) is 5.56 Å². The molecule has 16 heavy (non-hydrogen) atoms. The Hall–Kier alpha value is -1.19. The first-order valence-corrected chi connectivity index (χ1v) is 5.53. The molecule has 0 amide bonds. The summed E-state index contributed by atoms with van der Waals surface area (Å²) in [5, 5.41) is 10.2. The van der Waals surface area contributed by atoms with Crippen LogP contribution in [0.1, 0.15) is 28.8 Å². The maximum Gasteiger partial charge on any atom is 0.194 e. The lowest BCUT2D eigenvalue weighted by molar-refractivity contribution is -0.0433. The molecule has 3 heteroatoms. The molecule has 1 aliphatic rings. The highest BCUT2D eigenvalue weighted by atomic mass is 16.5. The van der Waals surface area contributed by atoms with Crippen LogP contribution < -0.4 is 0 Å². The number of hydrogen-bond acceptors (Lipinski definition) is 3. The highest BCUT2D eigenvalue weighted by molar-refractivity contribution is 6.02. The maximum atomic E-state index is 12.1. The summed E-state index contributed by atoms with van der Waals surface area (Å²) in [7, 11) is 0. The number of rotatable bonds is 2. The van der Waals surface area contributed by atoms with Gasteiger partial charge in [-0.2, -0.15) is 0 Å². The maximum absolute atomic E-state index is 12.1. The summed E-state index contributed by atoms with van der Waals surface area (Å²) in [4.78, 5) is 12.1. The molecule has 1 aromatic carbocycles. The van der Waals surface area contributed by atoms with Gasteiger partial charge in [-0.1, -0.05) is 29.8 Å². The van der Waals surface area contributed by atoms with Gasteiger partial charge < -0.3 is 9.84 Å². The number of aryl methyl sites for hydroxylation is 1. The third kappa shape index (κ3) is 2.15. The van der Waals surface area contributed by atoms with Crippen molar-refractivity contribution >= 4 is 5.78 Å². The summed E-state index contributed by atoms with van der Waals surface area (Å²) in [5.74, 6) is -0.184. The number of ether oxygens (including phenoxy) is 1. The molecule has 0 spiro atoms. The molecule has 0 bridgehead atoms. The summed E-state index contributed by atoms with van der Waals surface area (Å²) < 4.78 is 5.16. The Morgan fingerprint density at radius 2 is 1.81 bits per heavy atom. The second-order valence-electron chi connectivity index (χ2n) is 4.34. The van der Waals surface area contributed by atoms with Gasteiger partial charge in [-0.05, 0) is 6.92 Å². The normalized spacial score (nSPS) is 19.4. The van der Waals surface area contributed by atoms with Crippen LogP contribution in [0.3, 0.4) is 0 Å². The molecule has 0 atom stereocenters. The first-order chi connectivity index (χ1) is 7.62. The van der Waals surface area contributed by atoms with Crippen LogP contribution in [0.4, 0.5) is 0 Å². The van der Waals surface area contributed by atoms with E-state index < -0.39 is 5.60 Å². The van der Waals surface area contributed by atoms with Crippen LogP contribution >= 0.6 is 0 Å². The van der Waals surface area contributed by atoms with Gasteiger partial charge >= 0.3 is 0 Å². The van der Waals surface area contributed by atoms with Crippen molar-refractivity contribution in [2.75, 3.05) is 13.2 Å². The number of carbonyl (C=O) groups is 1. The van der Waals surface area contributed by atoms with Gasteiger partial charge in [0.1, 0.15) is 5.60 Å². The predicted octanol–water partition coefficient (Wildman–Crippen LogP) is 1.72. The van der Waals surface area contributed by atoms with E-state index in [2.05, 4.69) is 0 Å². The second kappa shape index (κ2) is 4.36. The molecular weight excluding hydrogens is 204 g/mol. The van der Waals surface area contributed by atoms with Gasteiger partial charge in [-0.3, -0.25) is 4.79 Å². The third-order valence-corrected chi connectivity index (χ3v) is 3.06. The summed E-state index contributed by atoms with van der Waals surface area (Å²) in [6, 6.07) is 7.31. The van der Waals surface area contributed by atoms with E-state index in [1.165, 1.54) is 0 Å². The lowest BCUT2D eigenvalue weighted by Gasteiger charge is -2.30. The number of Topliss-reactive ketones (excluding diaryl/α,β-unsaturated/α-hetero) is 1. The van der Waals surface area contributed by atoms with Gasteiger partial charge in [0.15, 0.2) is 5.78 Å². The minimum atomic E-state index is -1.23. The monoisotopic (exact) mass is 220 g/mol. The lowest BCUT2D eigenvalue weighted by atomic mass is 9.86. The molecule has 1 heterocycles. The van der Waals surface area contributed by atoms with Crippen molar-refractivity contribution in [3.63, 3.8) is 0 Å². The number of aliphatic hydroxyl groups is 1. The Kier molecular flexibility index (Phi) is 3.08. The number of carbonyl (C=O) groups excluding carboxylic acids is 1. The van der Waals surface area contributed by atoms with E-state index in [1.807, 2.05) is 19.1 Å². The first kappa shape index (κ1) is 11.3. The Morgan fingerprint density at radius 3 is 2.38 bits per heavy atom. The highest BCUT2D eigenvalue weighted by Crippen LogP contribution is 2.25.